The lowest BCUT2D eigenvalue weighted by atomic mass is 10.2. The highest BCUT2D eigenvalue weighted by Crippen LogP contribution is 2.21. The van der Waals surface area contributed by atoms with Crippen LogP contribution in [-0.4, -0.2) is 74.3 Å². The summed E-state index contributed by atoms with van der Waals surface area (Å²) in [5.74, 6) is 2.64. The van der Waals surface area contributed by atoms with E-state index in [-0.39, 0.29) is 6.10 Å². The first-order valence-electron chi connectivity index (χ1n) is 10.3. The predicted molar refractivity (Wildman–Crippen MR) is 110 cm³/mol. The van der Waals surface area contributed by atoms with Gasteiger partial charge in [0.2, 0.25) is 0 Å². The summed E-state index contributed by atoms with van der Waals surface area (Å²) >= 11 is 0. The molecule has 1 N–H and O–H groups in total. The number of nitrogens with zero attached hydrogens (tertiary/aromatic N) is 3. The molecule has 0 amide bonds. The van der Waals surface area contributed by atoms with Crippen molar-refractivity contribution in [2.45, 2.75) is 45.3 Å². The Hall–Kier alpha value is -1.95. The molecule has 27 heavy (non-hydrogen) atoms. The third kappa shape index (κ3) is 5.51. The first-order chi connectivity index (χ1) is 13.2. The van der Waals surface area contributed by atoms with Crippen molar-refractivity contribution in [2.75, 3.05) is 46.4 Å². The highest BCUT2D eigenvalue weighted by atomic mass is 16.5. The van der Waals surface area contributed by atoms with Crippen LogP contribution in [0.3, 0.4) is 0 Å². The number of guanidine groups is 1. The van der Waals surface area contributed by atoms with Crippen LogP contribution in [0.15, 0.2) is 29.3 Å². The second-order valence-electron chi connectivity index (χ2n) is 7.43. The van der Waals surface area contributed by atoms with E-state index in [0.29, 0.717) is 12.6 Å². The second kappa shape index (κ2) is 9.83. The number of benzene rings is 1. The van der Waals surface area contributed by atoms with E-state index in [1.807, 2.05) is 24.3 Å². The molecule has 6 heteroatoms. The maximum absolute atomic E-state index is 6.01. The zero-order valence-electron chi connectivity index (χ0n) is 17.0. The van der Waals surface area contributed by atoms with Crippen molar-refractivity contribution in [1.29, 1.82) is 0 Å². The third-order valence-electron chi connectivity index (χ3n) is 5.33. The molecule has 2 saturated heterocycles. The van der Waals surface area contributed by atoms with Crippen LogP contribution >= 0.6 is 0 Å². The summed E-state index contributed by atoms with van der Waals surface area (Å²) in [6.07, 6.45) is 3.94. The minimum absolute atomic E-state index is 0.00254. The molecule has 0 radical (unpaired) electrons. The smallest absolute Gasteiger partial charge is 0.194 e. The number of methoxy groups -OCH3 is 1. The van der Waals surface area contributed by atoms with Crippen LogP contribution in [-0.2, 0) is 0 Å². The van der Waals surface area contributed by atoms with Gasteiger partial charge in [0.1, 0.15) is 17.6 Å². The Morgan fingerprint density at radius 3 is 2.78 bits per heavy atom. The molecule has 2 heterocycles. The largest absolute Gasteiger partial charge is 0.497 e. The quantitative estimate of drug-likeness (QED) is 0.587. The fourth-order valence-electron chi connectivity index (χ4n) is 3.92. The van der Waals surface area contributed by atoms with Crippen molar-refractivity contribution in [1.82, 2.24) is 15.1 Å². The normalized spacial score (nSPS) is 22.1. The summed E-state index contributed by atoms with van der Waals surface area (Å²) < 4.78 is 11.3. The van der Waals surface area contributed by atoms with Crippen molar-refractivity contribution in [2.24, 2.45) is 4.99 Å². The fourth-order valence-corrected chi connectivity index (χ4v) is 3.92. The summed E-state index contributed by atoms with van der Waals surface area (Å²) in [5, 5.41) is 3.46. The molecule has 2 aliphatic rings. The van der Waals surface area contributed by atoms with Gasteiger partial charge in [0.05, 0.1) is 13.7 Å². The summed E-state index contributed by atoms with van der Waals surface area (Å²) in [6.45, 7) is 10.4. The van der Waals surface area contributed by atoms with Gasteiger partial charge in [-0.05, 0) is 58.3 Å². The molecule has 0 spiro atoms. The van der Waals surface area contributed by atoms with Gasteiger partial charge in [-0.2, -0.15) is 0 Å². The Kier molecular flexibility index (Phi) is 7.21. The molecule has 2 fully saturated rings. The van der Waals surface area contributed by atoms with Crippen LogP contribution in [0.25, 0.3) is 0 Å². The second-order valence-corrected chi connectivity index (χ2v) is 7.43. The Morgan fingerprint density at radius 1 is 1.26 bits per heavy atom. The summed E-state index contributed by atoms with van der Waals surface area (Å²) in [4.78, 5) is 9.91. The van der Waals surface area contributed by atoms with Crippen LogP contribution in [0.4, 0.5) is 0 Å². The minimum Gasteiger partial charge on any atom is -0.497 e. The van der Waals surface area contributed by atoms with Crippen LogP contribution in [0.5, 0.6) is 11.5 Å². The Balaban J connectivity index is 1.55. The van der Waals surface area contributed by atoms with Crippen LogP contribution in [0.2, 0.25) is 0 Å². The van der Waals surface area contributed by atoms with E-state index in [4.69, 9.17) is 14.5 Å². The molecule has 2 aliphatic heterocycles. The number of likely N-dealkylation sites (tertiary alicyclic amines) is 2. The number of ether oxygens (including phenoxy) is 2. The number of nitrogens with one attached hydrogen (secondary N) is 1. The van der Waals surface area contributed by atoms with Gasteiger partial charge < -0.3 is 19.7 Å². The van der Waals surface area contributed by atoms with Crippen molar-refractivity contribution >= 4 is 5.96 Å². The molecule has 150 valence electrons. The maximum atomic E-state index is 6.01. The molecule has 6 nitrogen and oxygen atoms in total. The van der Waals surface area contributed by atoms with Crippen LogP contribution < -0.4 is 14.8 Å². The molecule has 3 rings (SSSR count). The van der Waals surface area contributed by atoms with E-state index in [9.17, 15) is 0 Å². The zero-order chi connectivity index (χ0) is 19.1. The molecule has 0 aliphatic carbocycles. The summed E-state index contributed by atoms with van der Waals surface area (Å²) in [5.41, 5.74) is 0. The van der Waals surface area contributed by atoms with Gasteiger partial charge >= 0.3 is 0 Å². The Bertz CT molecular complexity index is 616. The van der Waals surface area contributed by atoms with Crippen molar-refractivity contribution in [3.8, 4) is 11.5 Å². The fraction of sp³-hybridized carbons (Fsp3) is 0.667. The molecule has 1 aromatic carbocycles. The van der Waals surface area contributed by atoms with E-state index in [1.165, 1.54) is 32.4 Å². The van der Waals surface area contributed by atoms with Gasteiger partial charge in [0, 0.05) is 31.7 Å². The first kappa shape index (κ1) is 19.8. The van der Waals surface area contributed by atoms with Crippen LogP contribution in [0, 0.1) is 0 Å². The van der Waals surface area contributed by atoms with Gasteiger partial charge in [0.15, 0.2) is 5.96 Å². The van der Waals surface area contributed by atoms with E-state index in [1.54, 1.807) is 7.11 Å². The van der Waals surface area contributed by atoms with Crippen LogP contribution in [0.1, 0.15) is 33.1 Å². The number of aliphatic imine (C=N–C) groups is 1. The maximum Gasteiger partial charge on any atom is 0.194 e. The number of rotatable bonds is 7. The lowest BCUT2D eigenvalue weighted by Crippen LogP contribution is -2.43. The van der Waals surface area contributed by atoms with Crippen molar-refractivity contribution in [3.63, 3.8) is 0 Å². The molecule has 0 saturated carbocycles. The molecule has 2 atom stereocenters. The lowest BCUT2D eigenvalue weighted by molar-refractivity contribution is 0.228. The van der Waals surface area contributed by atoms with Gasteiger partial charge in [-0.25, -0.2) is 4.99 Å². The predicted octanol–water partition coefficient (Wildman–Crippen LogP) is 2.60. The topological polar surface area (TPSA) is 49.3 Å². The standard InChI is InChI=1S/C21H34N4O2/c1-4-22-21(25-13-10-18(16-25)24-11-5-6-12-24)23-15-17(2)27-20-9-7-8-19(14-20)26-3/h7-9,14,17-18H,4-6,10-13,15-16H2,1-3H3,(H,22,23). The van der Waals surface area contributed by atoms with E-state index in [2.05, 4.69) is 29.0 Å². The van der Waals surface area contributed by atoms with Crippen molar-refractivity contribution in [3.05, 3.63) is 24.3 Å². The lowest BCUT2D eigenvalue weighted by Gasteiger charge is -2.25. The Labute approximate surface area is 163 Å². The average Bonchev–Trinajstić information content (AvgIpc) is 3.36. The molecular weight excluding hydrogens is 340 g/mol. The minimum atomic E-state index is 0.00254. The Morgan fingerprint density at radius 2 is 2.04 bits per heavy atom. The monoisotopic (exact) mass is 374 g/mol. The SMILES string of the molecule is CCNC(=NCC(C)Oc1cccc(OC)c1)N1CCC(N2CCCC2)C1. The van der Waals surface area contributed by atoms with Gasteiger partial charge in [-0.1, -0.05) is 6.07 Å². The van der Waals surface area contributed by atoms with Gasteiger partial charge in [0.25, 0.3) is 0 Å². The molecule has 2 unspecified atom stereocenters. The number of hydrogen-bond donors (Lipinski definition) is 1. The first-order valence-corrected chi connectivity index (χ1v) is 10.3. The zero-order valence-corrected chi connectivity index (χ0v) is 17.0. The summed E-state index contributed by atoms with van der Waals surface area (Å²) in [7, 11) is 1.67. The molecular formula is C21H34N4O2. The van der Waals surface area contributed by atoms with E-state index in [0.717, 1.165) is 37.1 Å². The van der Waals surface area contributed by atoms with E-state index >= 15 is 0 Å². The van der Waals surface area contributed by atoms with Crippen molar-refractivity contribution < 1.29 is 9.47 Å². The number of hydrogen-bond acceptors (Lipinski definition) is 4. The van der Waals surface area contributed by atoms with Gasteiger partial charge in [-0.15, -0.1) is 0 Å². The molecule has 0 aromatic heterocycles. The average molecular weight is 375 g/mol. The summed E-state index contributed by atoms with van der Waals surface area (Å²) in [6, 6.07) is 8.41. The highest BCUT2D eigenvalue weighted by molar-refractivity contribution is 5.80. The third-order valence-corrected chi connectivity index (χ3v) is 5.33. The molecule has 0 bridgehead atoms. The molecule has 1 aromatic rings. The van der Waals surface area contributed by atoms with E-state index < -0.39 is 0 Å². The van der Waals surface area contributed by atoms with Gasteiger partial charge in [-0.3, -0.25) is 4.90 Å². The highest BCUT2D eigenvalue weighted by Gasteiger charge is 2.30.